The Kier molecular flexibility index (Phi) is 4.67. The molecular formula is C12H10BClINO3. The molecule has 1 aromatic carbocycles. The SMILES string of the molecule is O=c1cc(B(O)O)ccn1Cc1ccc(Cl)c(I)c1. The summed E-state index contributed by atoms with van der Waals surface area (Å²) in [6.07, 6.45) is 1.54. The van der Waals surface area contributed by atoms with Crippen molar-refractivity contribution in [3.05, 3.63) is 61.0 Å². The van der Waals surface area contributed by atoms with E-state index in [-0.39, 0.29) is 11.0 Å². The van der Waals surface area contributed by atoms with Gasteiger partial charge < -0.3 is 14.6 Å². The van der Waals surface area contributed by atoms with Crippen LogP contribution in [0.1, 0.15) is 5.56 Å². The van der Waals surface area contributed by atoms with Crippen LogP contribution in [-0.2, 0) is 6.54 Å². The number of pyridine rings is 1. The molecule has 4 nitrogen and oxygen atoms in total. The van der Waals surface area contributed by atoms with Gasteiger partial charge in [-0.2, -0.15) is 0 Å². The van der Waals surface area contributed by atoms with Gasteiger partial charge in [0.25, 0.3) is 0 Å². The Morgan fingerprint density at radius 2 is 2.00 bits per heavy atom. The first kappa shape index (κ1) is 14.6. The molecule has 1 aromatic heterocycles. The molecule has 2 N–H and O–H groups in total. The highest BCUT2D eigenvalue weighted by Crippen LogP contribution is 2.19. The Morgan fingerprint density at radius 1 is 1.26 bits per heavy atom. The molecule has 19 heavy (non-hydrogen) atoms. The summed E-state index contributed by atoms with van der Waals surface area (Å²) in [6, 6.07) is 8.27. The van der Waals surface area contributed by atoms with E-state index in [4.69, 9.17) is 21.6 Å². The van der Waals surface area contributed by atoms with Gasteiger partial charge in [-0.25, -0.2) is 0 Å². The summed E-state index contributed by atoms with van der Waals surface area (Å²) in [5.41, 5.74) is 0.857. The zero-order valence-corrected chi connectivity index (χ0v) is 12.7. The predicted molar refractivity (Wildman–Crippen MR) is 83.8 cm³/mol. The second-order valence-electron chi connectivity index (χ2n) is 4.05. The maximum atomic E-state index is 11.8. The van der Waals surface area contributed by atoms with Crippen LogP contribution in [0.25, 0.3) is 0 Å². The lowest BCUT2D eigenvalue weighted by Crippen LogP contribution is -2.35. The minimum absolute atomic E-state index is 0.187. The summed E-state index contributed by atoms with van der Waals surface area (Å²) in [7, 11) is -1.63. The van der Waals surface area contributed by atoms with Crippen LogP contribution in [0.15, 0.2) is 41.3 Å². The minimum atomic E-state index is -1.63. The lowest BCUT2D eigenvalue weighted by atomic mass is 9.81. The molecule has 0 unspecified atom stereocenters. The fraction of sp³-hybridized carbons (Fsp3) is 0.0833. The van der Waals surface area contributed by atoms with Crippen LogP contribution in [0.3, 0.4) is 0 Å². The predicted octanol–water partition coefficient (Wildman–Crippen LogP) is 0.834. The van der Waals surface area contributed by atoms with Gasteiger partial charge in [0.1, 0.15) is 0 Å². The largest absolute Gasteiger partial charge is 0.488 e. The first-order valence-electron chi connectivity index (χ1n) is 5.48. The van der Waals surface area contributed by atoms with Crippen LogP contribution >= 0.6 is 34.2 Å². The number of nitrogens with zero attached hydrogens (tertiary/aromatic N) is 1. The average Bonchev–Trinajstić information content (AvgIpc) is 2.36. The second kappa shape index (κ2) is 6.08. The monoisotopic (exact) mass is 389 g/mol. The second-order valence-corrected chi connectivity index (χ2v) is 5.62. The molecule has 0 spiro atoms. The van der Waals surface area contributed by atoms with Crippen molar-refractivity contribution in [2.45, 2.75) is 6.54 Å². The third-order valence-electron chi connectivity index (χ3n) is 2.66. The molecule has 1 heterocycles. The normalized spacial score (nSPS) is 10.5. The van der Waals surface area contributed by atoms with Gasteiger partial charge in [0.05, 0.1) is 11.6 Å². The van der Waals surface area contributed by atoms with Crippen molar-refractivity contribution in [2.75, 3.05) is 0 Å². The fourth-order valence-corrected chi connectivity index (χ4v) is 2.35. The first-order chi connectivity index (χ1) is 8.97. The number of halogens is 2. The van der Waals surface area contributed by atoms with E-state index in [0.717, 1.165) is 9.13 Å². The van der Waals surface area contributed by atoms with Gasteiger partial charge in [-0.15, -0.1) is 0 Å². The molecule has 0 amide bonds. The van der Waals surface area contributed by atoms with Crippen molar-refractivity contribution in [3.8, 4) is 0 Å². The number of hydrogen-bond acceptors (Lipinski definition) is 3. The third-order valence-corrected chi connectivity index (χ3v) is 4.20. The molecule has 0 saturated heterocycles. The molecule has 0 fully saturated rings. The highest BCUT2D eigenvalue weighted by atomic mass is 127. The summed E-state index contributed by atoms with van der Waals surface area (Å²) < 4.78 is 2.41. The first-order valence-corrected chi connectivity index (χ1v) is 6.93. The van der Waals surface area contributed by atoms with E-state index in [9.17, 15) is 4.79 Å². The highest BCUT2D eigenvalue weighted by Gasteiger charge is 2.12. The van der Waals surface area contributed by atoms with E-state index in [2.05, 4.69) is 22.6 Å². The van der Waals surface area contributed by atoms with Gasteiger partial charge in [0, 0.05) is 15.8 Å². The van der Waals surface area contributed by atoms with E-state index in [1.165, 1.54) is 16.7 Å². The molecule has 0 saturated carbocycles. The van der Waals surface area contributed by atoms with E-state index < -0.39 is 7.12 Å². The maximum absolute atomic E-state index is 11.8. The molecule has 2 aromatic rings. The number of benzene rings is 1. The molecule has 7 heteroatoms. The quantitative estimate of drug-likeness (QED) is 0.604. The van der Waals surface area contributed by atoms with Crippen LogP contribution in [0, 0.1) is 3.57 Å². The third kappa shape index (κ3) is 3.59. The average molecular weight is 389 g/mol. The van der Waals surface area contributed by atoms with Crippen LogP contribution in [0.5, 0.6) is 0 Å². The number of rotatable bonds is 3. The Morgan fingerprint density at radius 3 is 2.58 bits per heavy atom. The Hall–Kier alpha value is -0.825. The van der Waals surface area contributed by atoms with Crippen molar-refractivity contribution < 1.29 is 10.0 Å². The summed E-state index contributed by atoms with van der Waals surface area (Å²) in [4.78, 5) is 11.8. The molecule has 2 rings (SSSR count). The van der Waals surface area contributed by atoms with Gasteiger partial charge in [0.2, 0.25) is 5.56 Å². The topological polar surface area (TPSA) is 62.5 Å². The summed E-state index contributed by atoms with van der Waals surface area (Å²) >= 11 is 8.07. The summed E-state index contributed by atoms with van der Waals surface area (Å²) in [6.45, 7) is 0.411. The molecule has 0 bridgehead atoms. The molecule has 0 aliphatic heterocycles. The van der Waals surface area contributed by atoms with Gasteiger partial charge >= 0.3 is 7.12 Å². The number of hydrogen-bond donors (Lipinski definition) is 2. The summed E-state index contributed by atoms with van der Waals surface area (Å²) in [5.74, 6) is 0. The minimum Gasteiger partial charge on any atom is -0.423 e. The Balaban J connectivity index is 2.28. The van der Waals surface area contributed by atoms with Crippen LogP contribution in [-0.4, -0.2) is 21.7 Å². The van der Waals surface area contributed by atoms with Gasteiger partial charge in [-0.05, 0) is 51.8 Å². The van der Waals surface area contributed by atoms with Gasteiger partial charge in [0.15, 0.2) is 0 Å². The van der Waals surface area contributed by atoms with Crippen molar-refractivity contribution in [1.29, 1.82) is 0 Å². The maximum Gasteiger partial charge on any atom is 0.488 e. The van der Waals surface area contributed by atoms with Crippen LogP contribution in [0.4, 0.5) is 0 Å². The van der Waals surface area contributed by atoms with Crippen LogP contribution in [0.2, 0.25) is 5.02 Å². The van der Waals surface area contributed by atoms with E-state index >= 15 is 0 Å². The molecular weight excluding hydrogens is 379 g/mol. The molecule has 0 aliphatic rings. The summed E-state index contributed by atoms with van der Waals surface area (Å²) in [5, 5.41) is 18.7. The van der Waals surface area contributed by atoms with Crippen molar-refractivity contribution in [3.63, 3.8) is 0 Å². The lowest BCUT2D eigenvalue weighted by Gasteiger charge is -2.08. The lowest BCUT2D eigenvalue weighted by molar-refractivity contribution is 0.425. The molecule has 0 aliphatic carbocycles. The van der Waals surface area contributed by atoms with Crippen LogP contribution < -0.4 is 11.0 Å². The highest BCUT2D eigenvalue weighted by molar-refractivity contribution is 14.1. The molecule has 0 atom stereocenters. The van der Waals surface area contributed by atoms with Crippen molar-refractivity contribution >= 4 is 46.8 Å². The zero-order valence-electron chi connectivity index (χ0n) is 9.75. The van der Waals surface area contributed by atoms with Crippen molar-refractivity contribution in [2.24, 2.45) is 0 Å². The fourth-order valence-electron chi connectivity index (χ4n) is 1.65. The smallest absolute Gasteiger partial charge is 0.423 e. The standard InChI is InChI=1S/C12H10BClINO3/c14-10-2-1-8(5-11(10)15)7-16-4-3-9(13(18)19)6-12(16)17/h1-6,18-19H,7H2. The number of aromatic nitrogens is 1. The van der Waals surface area contributed by atoms with E-state index in [1.54, 1.807) is 12.3 Å². The molecule has 98 valence electrons. The van der Waals surface area contributed by atoms with E-state index in [1.807, 2.05) is 12.1 Å². The van der Waals surface area contributed by atoms with Gasteiger partial charge in [-0.1, -0.05) is 17.7 Å². The van der Waals surface area contributed by atoms with E-state index in [0.29, 0.717) is 11.6 Å². The Bertz CT molecular complexity index is 660. The molecule has 0 radical (unpaired) electrons. The van der Waals surface area contributed by atoms with Crippen molar-refractivity contribution in [1.82, 2.24) is 4.57 Å². The Labute approximate surface area is 128 Å². The van der Waals surface area contributed by atoms with Gasteiger partial charge in [-0.3, -0.25) is 4.79 Å². The zero-order chi connectivity index (χ0) is 14.0.